The summed E-state index contributed by atoms with van der Waals surface area (Å²) in [4.78, 5) is 21.4. The van der Waals surface area contributed by atoms with Gasteiger partial charge < -0.3 is 16.4 Å². The Labute approximate surface area is 173 Å². The minimum Gasteiger partial charge on any atom is -0.382 e. The Morgan fingerprint density at radius 1 is 1.33 bits per heavy atom. The predicted molar refractivity (Wildman–Crippen MR) is 112 cm³/mol. The number of carbonyl (C=O) groups is 1. The van der Waals surface area contributed by atoms with E-state index in [2.05, 4.69) is 31.8 Å². The molecule has 30 heavy (non-hydrogen) atoms. The molecule has 152 valence electrons. The van der Waals surface area contributed by atoms with Crippen molar-refractivity contribution in [3.63, 3.8) is 0 Å². The fraction of sp³-hybridized carbons (Fsp3) is 0.286. The fourth-order valence-corrected chi connectivity index (χ4v) is 3.46. The number of hydrogen-bond donors (Lipinski definition) is 3. The average molecular weight is 402 g/mol. The summed E-state index contributed by atoms with van der Waals surface area (Å²) < 4.78 is 1.58. The number of rotatable bonds is 5. The van der Waals surface area contributed by atoms with Crippen LogP contribution in [0, 0.1) is 11.3 Å². The highest BCUT2D eigenvalue weighted by molar-refractivity contribution is 5.97. The van der Waals surface area contributed by atoms with Crippen molar-refractivity contribution in [3.05, 3.63) is 48.5 Å². The van der Waals surface area contributed by atoms with Gasteiger partial charge in [-0.05, 0) is 31.0 Å². The van der Waals surface area contributed by atoms with Crippen LogP contribution in [-0.4, -0.2) is 44.8 Å². The summed E-state index contributed by atoms with van der Waals surface area (Å²) in [5.41, 5.74) is 9.25. The van der Waals surface area contributed by atoms with Gasteiger partial charge >= 0.3 is 0 Å². The average Bonchev–Trinajstić information content (AvgIpc) is 3.24. The Hall–Kier alpha value is -3.77. The van der Waals surface area contributed by atoms with E-state index in [4.69, 9.17) is 11.0 Å². The molecule has 3 heterocycles. The van der Waals surface area contributed by atoms with Crippen molar-refractivity contribution in [1.29, 1.82) is 5.26 Å². The second-order valence-corrected chi connectivity index (χ2v) is 7.17. The van der Waals surface area contributed by atoms with E-state index in [9.17, 15) is 4.79 Å². The number of nitrogens with one attached hydrogen (secondary N) is 2. The maximum absolute atomic E-state index is 12.7. The zero-order chi connectivity index (χ0) is 20.9. The minimum absolute atomic E-state index is 0.0596. The largest absolute Gasteiger partial charge is 0.382 e. The van der Waals surface area contributed by atoms with Crippen LogP contribution in [0.5, 0.6) is 0 Å². The first-order valence-electron chi connectivity index (χ1n) is 9.78. The van der Waals surface area contributed by atoms with Crippen LogP contribution in [0.15, 0.2) is 42.9 Å². The van der Waals surface area contributed by atoms with Crippen molar-refractivity contribution >= 4 is 11.7 Å². The summed E-state index contributed by atoms with van der Waals surface area (Å²) in [5, 5.41) is 19.3. The number of hydrogen-bond acceptors (Lipinski definition) is 7. The van der Waals surface area contributed by atoms with Gasteiger partial charge in [-0.3, -0.25) is 9.48 Å². The molecular weight excluding hydrogens is 380 g/mol. The van der Waals surface area contributed by atoms with Gasteiger partial charge in [0.05, 0.1) is 24.2 Å². The number of nitriles is 1. The molecule has 1 aliphatic rings. The SMILES string of the molecule is N#CCn1cc(-c2cccc(-c3cnc(N)c(C(=O)N[C@H]4CCCNC4)n3)c2)cn1. The van der Waals surface area contributed by atoms with Crippen molar-refractivity contribution in [2.24, 2.45) is 0 Å². The monoisotopic (exact) mass is 402 g/mol. The molecule has 3 aromatic rings. The van der Waals surface area contributed by atoms with Gasteiger partial charge in [-0.15, -0.1) is 0 Å². The lowest BCUT2D eigenvalue weighted by molar-refractivity contribution is 0.0926. The van der Waals surface area contributed by atoms with E-state index in [0.29, 0.717) is 5.69 Å². The molecule has 1 aromatic carbocycles. The van der Waals surface area contributed by atoms with E-state index in [1.54, 1.807) is 17.1 Å². The Bertz CT molecular complexity index is 1090. The van der Waals surface area contributed by atoms with Gasteiger partial charge in [0.2, 0.25) is 0 Å². The highest BCUT2D eigenvalue weighted by Crippen LogP contribution is 2.25. The molecule has 1 aliphatic heterocycles. The van der Waals surface area contributed by atoms with Crippen molar-refractivity contribution in [2.75, 3.05) is 18.8 Å². The van der Waals surface area contributed by atoms with Gasteiger partial charge in [-0.2, -0.15) is 10.4 Å². The van der Waals surface area contributed by atoms with Crippen molar-refractivity contribution in [1.82, 2.24) is 30.4 Å². The summed E-state index contributed by atoms with van der Waals surface area (Å²) in [7, 11) is 0. The summed E-state index contributed by atoms with van der Waals surface area (Å²) in [6.07, 6.45) is 7.03. The molecule has 1 atom stereocenters. The molecule has 0 unspecified atom stereocenters. The molecular formula is C21H22N8O. The lowest BCUT2D eigenvalue weighted by atomic mass is 10.0. The van der Waals surface area contributed by atoms with Gasteiger partial charge in [-0.1, -0.05) is 18.2 Å². The van der Waals surface area contributed by atoms with E-state index in [1.165, 1.54) is 0 Å². The third kappa shape index (κ3) is 4.29. The van der Waals surface area contributed by atoms with Crippen LogP contribution in [0.25, 0.3) is 22.4 Å². The topological polar surface area (TPSA) is 135 Å². The quantitative estimate of drug-likeness (QED) is 0.590. The zero-order valence-electron chi connectivity index (χ0n) is 16.4. The molecule has 4 N–H and O–H groups in total. The van der Waals surface area contributed by atoms with Crippen LogP contribution in [0.2, 0.25) is 0 Å². The number of aromatic nitrogens is 4. The minimum atomic E-state index is -0.315. The number of nitrogens with two attached hydrogens (primary N) is 1. The van der Waals surface area contributed by atoms with E-state index in [0.717, 1.165) is 42.6 Å². The predicted octanol–water partition coefficient (Wildman–Crippen LogP) is 1.59. The molecule has 9 nitrogen and oxygen atoms in total. The molecule has 2 aromatic heterocycles. The summed E-state index contributed by atoms with van der Waals surface area (Å²) >= 11 is 0. The van der Waals surface area contributed by atoms with Crippen LogP contribution in [-0.2, 0) is 6.54 Å². The van der Waals surface area contributed by atoms with E-state index >= 15 is 0 Å². The first-order valence-corrected chi connectivity index (χ1v) is 9.78. The lowest BCUT2D eigenvalue weighted by Crippen LogP contribution is -2.46. The van der Waals surface area contributed by atoms with Gasteiger partial charge in [-0.25, -0.2) is 9.97 Å². The van der Waals surface area contributed by atoms with Gasteiger partial charge in [0.25, 0.3) is 5.91 Å². The maximum Gasteiger partial charge on any atom is 0.274 e. The third-order valence-electron chi connectivity index (χ3n) is 5.01. The third-order valence-corrected chi connectivity index (χ3v) is 5.01. The van der Waals surface area contributed by atoms with E-state index < -0.39 is 0 Å². The van der Waals surface area contributed by atoms with Crippen molar-refractivity contribution < 1.29 is 4.79 Å². The molecule has 1 fully saturated rings. The normalized spacial score (nSPS) is 16.0. The van der Waals surface area contributed by atoms with Gasteiger partial charge in [0.1, 0.15) is 6.54 Å². The Balaban J connectivity index is 1.59. The zero-order valence-corrected chi connectivity index (χ0v) is 16.4. The van der Waals surface area contributed by atoms with Gasteiger partial charge in [0, 0.05) is 29.9 Å². The second-order valence-electron chi connectivity index (χ2n) is 7.17. The number of carbonyl (C=O) groups excluding carboxylic acids is 1. The first kappa shape index (κ1) is 19.5. The number of piperidine rings is 1. The van der Waals surface area contributed by atoms with E-state index in [-0.39, 0.29) is 30.0 Å². The molecule has 0 spiro atoms. The van der Waals surface area contributed by atoms with Crippen LogP contribution in [0.1, 0.15) is 23.3 Å². The summed E-state index contributed by atoms with van der Waals surface area (Å²) in [6.45, 7) is 1.90. The molecule has 0 saturated carbocycles. The molecule has 9 heteroatoms. The van der Waals surface area contributed by atoms with Crippen molar-refractivity contribution in [3.8, 4) is 28.5 Å². The number of benzene rings is 1. The molecule has 0 bridgehead atoms. The molecule has 0 radical (unpaired) electrons. The highest BCUT2D eigenvalue weighted by atomic mass is 16.2. The van der Waals surface area contributed by atoms with Crippen molar-refractivity contribution in [2.45, 2.75) is 25.4 Å². The maximum atomic E-state index is 12.7. The van der Waals surface area contributed by atoms with Crippen LogP contribution in [0.3, 0.4) is 0 Å². The number of nitrogen functional groups attached to an aromatic ring is 1. The summed E-state index contributed by atoms with van der Waals surface area (Å²) in [6, 6.07) is 9.82. The number of anilines is 1. The number of nitrogens with zero attached hydrogens (tertiary/aromatic N) is 5. The molecule has 4 rings (SSSR count). The standard InChI is InChI=1S/C21H22N8O/c22-6-8-29-13-16(10-26-29)14-3-1-4-15(9-14)18-12-25-20(23)19(28-18)21(30)27-17-5-2-7-24-11-17/h1,3-4,9-10,12-13,17,24H,2,5,7-8,11H2,(H2,23,25)(H,27,30)/t17-/m0/s1. The molecule has 0 aliphatic carbocycles. The first-order chi connectivity index (χ1) is 14.6. The smallest absolute Gasteiger partial charge is 0.274 e. The van der Waals surface area contributed by atoms with Crippen LogP contribution < -0.4 is 16.4 Å². The van der Waals surface area contributed by atoms with Crippen LogP contribution in [0.4, 0.5) is 5.82 Å². The van der Waals surface area contributed by atoms with Gasteiger partial charge in [0.15, 0.2) is 11.5 Å². The number of amides is 1. The fourth-order valence-electron chi connectivity index (χ4n) is 3.46. The summed E-state index contributed by atoms with van der Waals surface area (Å²) in [5.74, 6) is -0.210. The Morgan fingerprint density at radius 3 is 3.00 bits per heavy atom. The van der Waals surface area contributed by atoms with E-state index in [1.807, 2.05) is 30.5 Å². The Kier molecular flexibility index (Phi) is 5.68. The second kappa shape index (κ2) is 8.71. The lowest BCUT2D eigenvalue weighted by Gasteiger charge is -2.23. The molecule has 1 amide bonds. The molecule has 1 saturated heterocycles. The van der Waals surface area contributed by atoms with Crippen LogP contribution >= 0.6 is 0 Å². The Morgan fingerprint density at radius 2 is 2.20 bits per heavy atom. The highest BCUT2D eigenvalue weighted by Gasteiger charge is 2.20.